The van der Waals surface area contributed by atoms with Crippen LogP contribution in [0.2, 0.25) is 5.02 Å². The highest BCUT2D eigenvalue weighted by Crippen LogP contribution is 2.33. The number of allylic oxidation sites excluding steroid dienone is 1. The minimum absolute atomic E-state index is 0.300. The molecule has 0 saturated heterocycles. The summed E-state index contributed by atoms with van der Waals surface area (Å²) < 4.78 is 4.86. The first-order chi connectivity index (χ1) is 10.7. The van der Waals surface area contributed by atoms with Crippen molar-refractivity contribution in [2.75, 3.05) is 7.11 Å². The SMILES string of the molecule is COC(=O)C1=Cc2ccc(Cl)cc2C(c2ccccc2)=CC1. The standard InChI is InChI=1S/C19H15ClO2/c1-22-19(21)15-8-10-17(13-5-3-2-4-6-13)18-12-16(20)9-7-14(18)11-15/h2-7,9-12H,8H2,1H3. The summed E-state index contributed by atoms with van der Waals surface area (Å²) in [6, 6.07) is 15.8. The van der Waals surface area contributed by atoms with Gasteiger partial charge in [-0.2, -0.15) is 0 Å². The fourth-order valence-electron chi connectivity index (χ4n) is 2.62. The zero-order valence-corrected chi connectivity index (χ0v) is 12.9. The second kappa shape index (κ2) is 6.20. The van der Waals surface area contributed by atoms with Crippen LogP contribution in [0, 0.1) is 0 Å². The van der Waals surface area contributed by atoms with Crippen molar-refractivity contribution in [1.29, 1.82) is 0 Å². The molecule has 2 aromatic rings. The van der Waals surface area contributed by atoms with E-state index in [0.29, 0.717) is 17.0 Å². The van der Waals surface area contributed by atoms with E-state index in [0.717, 1.165) is 22.3 Å². The van der Waals surface area contributed by atoms with E-state index >= 15 is 0 Å². The average Bonchev–Trinajstić information content (AvgIpc) is 2.74. The maximum absolute atomic E-state index is 11.9. The van der Waals surface area contributed by atoms with Crippen LogP contribution in [0.15, 0.2) is 60.2 Å². The molecule has 0 unspecified atom stereocenters. The van der Waals surface area contributed by atoms with Gasteiger partial charge in [-0.25, -0.2) is 4.79 Å². The van der Waals surface area contributed by atoms with E-state index < -0.39 is 0 Å². The van der Waals surface area contributed by atoms with Crippen LogP contribution < -0.4 is 0 Å². The fourth-order valence-corrected chi connectivity index (χ4v) is 2.79. The van der Waals surface area contributed by atoms with Gasteiger partial charge >= 0.3 is 5.97 Å². The van der Waals surface area contributed by atoms with Gasteiger partial charge in [-0.1, -0.05) is 54.1 Å². The molecule has 22 heavy (non-hydrogen) atoms. The summed E-state index contributed by atoms with van der Waals surface area (Å²) in [4.78, 5) is 11.9. The van der Waals surface area contributed by atoms with E-state index in [1.807, 2.05) is 42.5 Å². The maximum atomic E-state index is 11.9. The Kier molecular flexibility index (Phi) is 4.12. The van der Waals surface area contributed by atoms with Gasteiger partial charge in [0.25, 0.3) is 0 Å². The van der Waals surface area contributed by atoms with Crippen LogP contribution in [0.25, 0.3) is 11.6 Å². The van der Waals surface area contributed by atoms with E-state index in [-0.39, 0.29) is 5.97 Å². The van der Waals surface area contributed by atoms with Crippen molar-refractivity contribution in [2.24, 2.45) is 0 Å². The highest BCUT2D eigenvalue weighted by molar-refractivity contribution is 6.30. The molecule has 110 valence electrons. The van der Waals surface area contributed by atoms with Crippen molar-refractivity contribution in [3.05, 3.63) is 81.9 Å². The first kappa shape index (κ1) is 14.6. The highest BCUT2D eigenvalue weighted by atomic mass is 35.5. The van der Waals surface area contributed by atoms with Crippen molar-refractivity contribution in [3.63, 3.8) is 0 Å². The number of carbonyl (C=O) groups excluding carboxylic acids is 1. The summed E-state index contributed by atoms with van der Waals surface area (Å²) in [5.41, 5.74) is 4.81. The average molecular weight is 311 g/mol. The molecule has 0 amide bonds. The van der Waals surface area contributed by atoms with Crippen LogP contribution in [-0.2, 0) is 9.53 Å². The second-order valence-corrected chi connectivity index (χ2v) is 5.52. The van der Waals surface area contributed by atoms with E-state index in [2.05, 4.69) is 18.2 Å². The van der Waals surface area contributed by atoms with Crippen LogP contribution in [0.1, 0.15) is 23.1 Å². The summed E-state index contributed by atoms with van der Waals surface area (Å²) >= 11 is 6.17. The third-order valence-corrected chi connectivity index (χ3v) is 3.93. The van der Waals surface area contributed by atoms with E-state index in [9.17, 15) is 4.79 Å². The summed E-state index contributed by atoms with van der Waals surface area (Å²) in [5.74, 6) is -0.300. The predicted molar refractivity (Wildman–Crippen MR) is 89.6 cm³/mol. The van der Waals surface area contributed by atoms with Gasteiger partial charge in [0.05, 0.1) is 7.11 Å². The first-order valence-corrected chi connectivity index (χ1v) is 7.41. The van der Waals surface area contributed by atoms with Crippen LogP contribution in [0.4, 0.5) is 0 Å². The molecule has 0 bridgehead atoms. The molecule has 0 N–H and O–H groups in total. The number of rotatable bonds is 2. The van der Waals surface area contributed by atoms with Gasteiger partial charge in [-0.05, 0) is 46.9 Å². The highest BCUT2D eigenvalue weighted by Gasteiger charge is 2.17. The smallest absolute Gasteiger partial charge is 0.334 e. The summed E-state index contributed by atoms with van der Waals surface area (Å²) in [5, 5.41) is 0.676. The number of hydrogen-bond donors (Lipinski definition) is 0. The molecule has 3 rings (SSSR count). The number of fused-ring (bicyclic) bond motifs is 1. The van der Waals surface area contributed by atoms with Gasteiger partial charge in [-0.3, -0.25) is 0 Å². The molecule has 1 aliphatic rings. The second-order valence-electron chi connectivity index (χ2n) is 5.08. The lowest BCUT2D eigenvalue weighted by molar-refractivity contribution is -0.136. The number of esters is 1. The Morgan fingerprint density at radius 1 is 1.14 bits per heavy atom. The van der Waals surface area contributed by atoms with Gasteiger partial charge in [0.1, 0.15) is 0 Å². The van der Waals surface area contributed by atoms with Crippen LogP contribution in [0.3, 0.4) is 0 Å². The van der Waals surface area contributed by atoms with Crippen molar-refractivity contribution in [1.82, 2.24) is 0 Å². The number of hydrogen-bond acceptors (Lipinski definition) is 2. The third-order valence-electron chi connectivity index (χ3n) is 3.69. The van der Waals surface area contributed by atoms with Crippen molar-refractivity contribution in [3.8, 4) is 0 Å². The largest absolute Gasteiger partial charge is 0.466 e. The Morgan fingerprint density at radius 2 is 1.91 bits per heavy atom. The lowest BCUT2D eigenvalue weighted by Crippen LogP contribution is -2.03. The third kappa shape index (κ3) is 2.83. The Labute approximate surface area is 134 Å². The molecule has 0 atom stereocenters. The normalized spacial score (nSPS) is 13.5. The molecule has 3 heteroatoms. The lowest BCUT2D eigenvalue weighted by Gasteiger charge is -2.11. The van der Waals surface area contributed by atoms with E-state index in [1.165, 1.54) is 7.11 Å². The van der Waals surface area contributed by atoms with E-state index in [4.69, 9.17) is 16.3 Å². The van der Waals surface area contributed by atoms with Crippen LogP contribution >= 0.6 is 11.6 Å². The lowest BCUT2D eigenvalue weighted by atomic mass is 9.94. The van der Waals surface area contributed by atoms with Crippen molar-refractivity contribution < 1.29 is 9.53 Å². The molecule has 0 aliphatic heterocycles. The maximum Gasteiger partial charge on any atom is 0.334 e. The van der Waals surface area contributed by atoms with Gasteiger partial charge in [0, 0.05) is 10.6 Å². The minimum Gasteiger partial charge on any atom is -0.466 e. The number of benzene rings is 2. The number of methoxy groups -OCH3 is 1. The minimum atomic E-state index is -0.300. The van der Waals surface area contributed by atoms with Gasteiger partial charge in [-0.15, -0.1) is 0 Å². The topological polar surface area (TPSA) is 26.3 Å². The molecule has 2 aromatic carbocycles. The molecule has 0 fully saturated rings. The predicted octanol–water partition coefficient (Wildman–Crippen LogP) is 4.73. The molecular weight excluding hydrogens is 296 g/mol. The fraction of sp³-hybridized carbons (Fsp3) is 0.105. The molecule has 2 nitrogen and oxygen atoms in total. The Hall–Kier alpha value is -2.32. The zero-order valence-electron chi connectivity index (χ0n) is 12.2. The molecule has 1 aliphatic carbocycles. The summed E-state index contributed by atoms with van der Waals surface area (Å²) in [6.45, 7) is 0. The van der Waals surface area contributed by atoms with Gasteiger partial charge < -0.3 is 4.74 Å². The molecule has 0 spiro atoms. The van der Waals surface area contributed by atoms with Crippen LogP contribution in [-0.4, -0.2) is 13.1 Å². The quantitative estimate of drug-likeness (QED) is 0.749. The van der Waals surface area contributed by atoms with Crippen molar-refractivity contribution in [2.45, 2.75) is 6.42 Å². The Bertz CT molecular complexity index is 773. The van der Waals surface area contributed by atoms with Crippen molar-refractivity contribution >= 4 is 29.2 Å². The van der Waals surface area contributed by atoms with Gasteiger partial charge in [0.15, 0.2) is 0 Å². The number of carbonyl (C=O) groups is 1. The monoisotopic (exact) mass is 310 g/mol. The van der Waals surface area contributed by atoms with E-state index in [1.54, 1.807) is 0 Å². The first-order valence-electron chi connectivity index (χ1n) is 7.03. The molecule has 0 radical (unpaired) electrons. The van der Waals surface area contributed by atoms with Gasteiger partial charge in [0.2, 0.25) is 0 Å². The Balaban J connectivity index is 2.17. The summed E-state index contributed by atoms with van der Waals surface area (Å²) in [6.07, 6.45) is 4.47. The number of ether oxygens (including phenoxy) is 1. The molecule has 0 saturated carbocycles. The Morgan fingerprint density at radius 3 is 2.64 bits per heavy atom. The number of halogens is 1. The molecule has 0 heterocycles. The van der Waals surface area contributed by atoms with Crippen LogP contribution in [0.5, 0.6) is 0 Å². The molecular formula is C19H15ClO2. The molecule has 0 aromatic heterocycles. The summed E-state index contributed by atoms with van der Waals surface area (Å²) in [7, 11) is 1.40. The zero-order chi connectivity index (χ0) is 15.5.